The van der Waals surface area contributed by atoms with E-state index in [2.05, 4.69) is 0 Å². The Bertz CT molecular complexity index is 262. The fraction of sp³-hybridized carbons (Fsp3) is 1.00. The summed E-state index contributed by atoms with van der Waals surface area (Å²) in [6, 6.07) is 0.439. The van der Waals surface area contributed by atoms with E-state index in [9.17, 15) is 0 Å². The topological polar surface area (TPSA) is 35.2 Å². The van der Waals surface area contributed by atoms with Gasteiger partial charge in [-0.15, -0.1) is 0 Å². The van der Waals surface area contributed by atoms with Crippen molar-refractivity contribution in [1.82, 2.24) is 0 Å². The first-order valence-electron chi connectivity index (χ1n) is 7.08. The lowest BCUT2D eigenvalue weighted by Crippen LogP contribution is -2.59. The average Bonchev–Trinajstić information content (AvgIpc) is 2.12. The largest absolute Gasteiger partial charge is 0.381 e. The fourth-order valence-electron chi connectivity index (χ4n) is 5.55. The first kappa shape index (κ1) is 9.90. The van der Waals surface area contributed by atoms with Gasteiger partial charge in [0.2, 0.25) is 0 Å². The Hall–Kier alpha value is -0.0800. The van der Waals surface area contributed by atoms with Gasteiger partial charge in [-0.2, -0.15) is 0 Å². The van der Waals surface area contributed by atoms with E-state index in [1.807, 2.05) is 0 Å². The molecule has 0 aromatic carbocycles. The van der Waals surface area contributed by atoms with Crippen molar-refractivity contribution in [3.05, 3.63) is 0 Å². The number of hydrogen-bond acceptors (Lipinski definition) is 2. The Morgan fingerprint density at radius 3 is 1.81 bits per heavy atom. The van der Waals surface area contributed by atoms with Crippen molar-refractivity contribution < 1.29 is 4.74 Å². The van der Waals surface area contributed by atoms with Crippen LogP contribution in [0.15, 0.2) is 0 Å². The predicted molar refractivity (Wildman–Crippen MR) is 62.9 cm³/mol. The average molecular weight is 221 g/mol. The van der Waals surface area contributed by atoms with Gasteiger partial charge in [-0.25, -0.2) is 0 Å². The van der Waals surface area contributed by atoms with E-state index in [0.29, 0.717) is 17.4 Å². The van der Waals surface area contributed by atoms with Crippen LogP contribution in [-0.2, 0) is 4.74 Å². The summed E-state index contributed by atoms with van der Waals surface area (Å²) in [4.78, 5) is 0. The van der Waals surface area contributed by atoms with Gasteiger partial charge >= 0.3 is 0 Å². The van der Waals surface area contributed by atoms with Crippen molar-refractivity contribution in [1.29, 1.82) is 0 Å². The van der Waals surface area contributed by atoms with E-state index in [0.717, 1.165) is 31.0 Å². The molecule has 0 aromatic heterocycles. The summed E-state index contributed by atoms with van der Waals surface area (Å²) in [5, 5.41) is 0. The van der Waals surface area contributed by atoms with E-state index in [1.54, 1.807) is 0 Å². The second kappa shape index (κ2) is 3.23. The van der Waals surface area contributed by atoms with Crippen LogP contribution in [0, 0.1) is 29.1 Å². The lowest BCUT2D eigenvalue weighted by atomic mass is 9.47. The van der Waals surface area contributed by atoms with E-state index < -0.39 is 0 Å². The summed E-state index contributed by atoms with van der Waals surface area (Å²) in [6.45, 7) is 1.87. The monoisotopic (exact) mass is 221 g/mol. The molecule has 1 unspecified atom stereocenters. The summed E-state index contributed by atoms with van der Waals surface area (Å²) in [5.41, 5.74) is 7.13. The summed E-state index contributed by atoms with van der Waals surface area (Å²) >= 11 is 0. The first-order valence-corrected chi connectivity index (χ1v) is 7.08. The van der Waals surface area contributed by atoms with Gasteiger partial charge in [-0.1, -0.05) is 0 Å². The minimum atomic E-state index is 0.439. The molecular formula is C14H23NO. The van der Waals surface area contributed by atoms with Crippen LogP contribution in [-0.4, -0.2) is 19.3 Å². The van der Waals surface area contributed by atoms with Crippen LogP contribution in [0.4, 0.5) is 0 Å². The van der Waals surface area contributed by atoms with Crippen LogP contribution < -0.4 is 5.73 Å². The highest BCUT2D eigenvalue weighted by molar-refractivity contribution is 5.07. The smallest absolute Gasteiger partial charge is 0.0531 e. The van der Waals surface area contributed by atoms with Crippen LogP contribution in [0.5, 0.6) is 0 Å². The van der Waals surface area contributed by atoms with Crippen molar-refractivity contribution in [2.75, 3.05) is 13.2 Å². The zero-order valence-electron chi connectivity index (χ0n) is 10.0. The van der Waals surface area contributed by atoms with Gasteiger partial charge in [0.15, 0.2) is 0 Å². The second-order valence-electron chi connectivity index (χ2n) is 7.10. The third-order valence-corrected chi connectivity index (χ3v) is 5.96. The van der Waals surface area contributed by atoms with Gasteiger partial charge in [-0.3, -0.25) is 0 Å². The van der Waals surface area contributed by atoms with E-state index in [-0.39, 0.29) is 0 Å². The molecule has 5 rings (SSSR count). The Morgan fingerprint density at radius 2 is 1.44 bits per heavy atom. The SMILES string of the molecule is NC(C1COC1)C12CC3CC(CC(C3)C1)C2. The summed E-state index contributed by atoms with van der Waals surface area (Å²) in [7, 11) is 0. The van der Waals surface area contributed by atoms with Crippen LogP contribution in [0.1, 0.15) is 38.5 Å². The highest BCUT2D eigenvalue weighted by Crippen LogP contribution is 2.61. The predicted octanol–water partition coefficient (Wildman–Crippen LogP) is 2.18. The molecule has 2 nitrogen and oxygen atoms in total. The minimum Gasteiger partial charge on any atom is -0.381 e. The van der Waals surface area contributed by atoms with Gasteiger partial charge in [-0.05, 0) is 61.7 Å². The molecule has 1 saturated heterocycles. The third kappa shape index (κ3) is 1.26. The Morgan fingerprint density at radius 1 is 0.938 bits per heavy atom. The van der Waals surface area contributed by atoms with Gasteiger partial charge in [0.25, 0.3) is 0 Å². The zero-order valence-corrected chi connectivity index (χ0v) is 10.0. The van der Waals surface area contributed by atoms with Crippen molar-refractivity contribution in [3.8, 4) is 0 Å². The summed E-state index contributed by atoms with van der Waals surface area (Å²) in [5.74, 6) is 3.76. The maximum atomic E-state index is 6.60. The Kier molecular flexibility index (Phi) is 2.00. The number of rotatable bonds is 2. The van der Waals surface area contributed by atoms with Crippen LogP contribution in [0.2, 0.25) is 0 Å². The van der Waals surface area contributed by atoms with Gasteiger partial charge in [0.05, 0.1) is 13.2 Å². The van der Waals surface area contributed by atoms with Crippen molar-refractivity contribution in [2.45, 2.75) is 44.6 Å². The third-order valence-electron chi connectivity index (χ3n) is 5.96. The molecule has 90 valence electrons. The molecule has 0 aromatic rings. The molecule has 4 saturated carbocycles. The van der Waals surface area contributed by atoms with E-state index in [4.69, 9.17) is 10.5 Å². The quantitative estimate of drug-likeness (QED) is 0.775. The molecule has 2 heteroatoms. The maximum Gasteiger partial charge on any atom is 0.0531 e. The summed E-state index contributed by atoms with van der Waals surface area (Å²) in [6.07, 6.45) is 8.89. The van der Waals surface area contributed by atoms with E-state index >= 15 is 0 Å². The summed E-state index contributed by atoms with van der Waals surface area (Å²) < 4.78 is 5.34. The molecule has 0 spiro atoms. The maximum absolute atomic E-state index is 6.60. The molecule has 1 aliphatic heterocycles. The number of ether oxygens (including phenoxy) is 1. The number of hydrogen-bond donors (Lipinski definition) is 1. The highest BCUT2D eigenvalue weighted by Gasteiger charge is 2.55. The van der Waals surface area contributed by atoms with E-state index in [1.165, 1.54) is 38.5 Å². The van der Waals surface area contributed by atoms with Crippen LogP contribution >= 0.6 is 0 Å². The van der Waals surface area contributed by atoms with Gasteiger partial charge < -0.3 is 10.5 Å². The Labute approximate surface area is 97.9 Å². The van der Waals surface area contributed by atoms with Crippen LogP contribution in [0.25, 0.3) is 0 Å². The Balaban J connectivity index is 1.60. The standard InChI is InChI=1S/C14H23NO/c15-13(12-7-16-8-12)14-4-9-1-10(5-14)3-11(2-9)6-14/h9-13H,1-8,15H2. The zero-order chi connectivity index (χ0) is 10.8. The molecule has 5 aliphatic rings. The van der Waals surface area contributed by atoms with Crippen LogP contribution in [0.3, 0.4) is 0 Å². The molecule has 1 heterocycles. The molecule has 4 bridgehead atoms. The molecular weight excluding hydrogens is 198 g/mol. The molecule has 0 radical (unpaired) electrons. The van der Waals surface area contributed by atoms with Crippen molar-refractivity contribution in [2.24, 2.45) is 34.8 Å². The fourth-order valence-corrected chi connectivity index (χ4v) is 5.55. The molecule has 0 amide bonds. The highest BCUT2D eigenvalue weighted by atomic mass is 16.5. The molecule has 4 aliphatic carbocycles. The molecule has 1 atom stereocenters. The van der Waals surface area contributed by atoms with Gasteiger partial charge in [0.1, 0.15) is 0 Å². The van der Waals surface area contributed by atoms with Gasteiger partial charge in [0, 0.05) is 12.0 Å². The molecule has 2 N–H and O–H groups in total. The first-order chi connectivity index (χ1) is 7.75. The normalized spacial score (nSPS) is 52.7. The second-order valence-corrected chi connectivity index (χ2v) is 7.10. The number of nitrogens with two attached hydrogens (primary N) is 1. The van der Waals surface area contributed by atoms with Crippen molar-refractivity contribution >= 4 is 0 Å². The van der Waals surface area contributed by atoms with Crippen molar-refractivity contribution in [3.63, 3.8) is 0 Å². The lowest BCUT2D eigenvalue weighted by molar-refractivity contribution is -0.121. The molecule has 5 fully saturated rings. The lowest BCUT2D eigenvalue weighted by Gasteiger charge is -2.60. The molecule has 16 heavy (non-hydrogen) atoms. The minimum absolute atomic E-state index is 0.439.